The van der Waals surface area contributed by atoms with Gasteiger partial charge in [0, 0.05) is 6.42 Å². The Labute approximate surface area is 91.8 Å². The maximum Gasteiger partial charge on any atom is 0.306 e. The summed E-state index contributed by atoms with van der Waals surface area (Å²) in [4.78, 5) is 11.5. The van der Waals surface area contributed by atoms with Crippen LogP contribution >= 0.6 is 0 Å². The molecule has 2 atom stereocenters. The molecule has 0 saturated heterocycles. The van der Waals surface area contributed by atoms with E-state index in [0.29, 0.717) is 12.3 Å². The van der Waals surface area contributed by atoms with Gasteiger partial charge in [-0.15, -0.1) is 0 Å². The molecule has 0 aliphatic heterocycles. The number of hydrogen-bond acceptors (Lipinski definition) is 3. The van der Waals surface area contributed by atoms with Crippen LogP contribution in [0.15, 0.2) is 0 Å². The van der Waals surface area contributed by atoms with Gasteiger partial charge in [-0.3, -0.25) is 4.79 Å². The van der Waals surface area contributed by atoms with Crippen molar-refractivity contribution in [3.8, 4) is 0 Å². The van der Waals surface area contributed by atoms with Crippen LogP contribution in [0.1, 0.15) is 52.9 Å². The molecule has 88 valence electrons. The highest BCUT2D eigenvalue weighted by molar-refractivity contribution is 5.70. The van der Waals surface area contributed by atoms with Crippen LogP contribution < -0.4 is 0 Å². The number of carbonyl (C=O) groups is 1. The Morgan fingerprint density at radius 3 is 2.60 bits per heavy atom. The highest BCUT2D eigenvalue weighted by Crippen LogP contribution is 2.27. The lowest BCUT2D eigenvalue weighted by Gasteiger charge is -2.26. The van der Waals surface area contributed by atoms with Crippen molar-refractivity contribution in [2.24, 2.45) is 5.92 Å². The highest BCUT2D eigenvalue weighted by Gasteiger charge is 2.25. The molecule has 15 heavy (non-hydrogen) atoms. The molecule has 1 unspecified atom stereocenters. The van der Waals surface area contributed by atoms with E-state index in [1.807, 2.05) is 20.8 Å². The number of hydrogen-bond donors (Lipinski definition) is 1. The van der Waals surface area contributed by atoms with Crippen molar-refractivity contribution >= 4 is 5.97 Å². The quantitative estimate of drug-likeness (QED) is 0.717. The third-order valence-electron chi connectivity index (χ3n) is 2.63. The van der Waals surface area contributed by atoms with E-state index in [1.165, 1.54) is 0 Å². The number of aliphatic hydroxyl groups excluding tert-OH is 1. The minimum Gasteiger partial charge on any atom is -0.460 e. The smallest absolute Gasteiger partial charge is 0.306 e. The molecule has 3 heteroatoms. The van der Waals surface area contributed by atoms with Gasteiger partial charge in [0.1, 0.15) is 5.60 Å². The first-order chi connectivity index (χ1) is 6.87. The Hall–Kier alpha value is -0.570. The molecule has 0 radical (unpaired) electrons. The van der Waals surface area contributed by atoms with Crippen molar-refractivity contribution in [3.05, 3.63) is 0 Å². The summed E-state index contributed by atoms with van der Waals surface area (Å²) in [5, 5.41) is 9.47. The molecule has 1 N–H and O–H groups in total. The predicted octanol–water partition coefficient (Wildman–Crippen LogP) is 2.27. The summed E-state index contributed by atoms with van der Waals surface area (Å²) in [6, 6.07) is 0. The Morgan fingerprint density at radius 1 is 1.40 bits per heavy atom. The minimum absolute atomic E-state index is 0.137. The van der Waals surface area contributed by atoms with Gasteiger partial charge in [0.25, 0.3) is 0 Å². The van der Waals surface area contributed by atoms with E-state index in [0.717, 1.165) is 25.7 Å². The fourth-order valence-corrected chi connectivity index (χ4v) is 2.07. The van der Waals surface area contributed by atoms with Crippen LogP contribution in [-0.2, 0) is 9.53 Å². The summed E-state index contributed by atoms with van der Waals surface area (Å²) in [7, 11) is 0. The number of esters is 1. The van der Waals surface area contributed by atoms with E-state index >= 15 is 0 Å². The average Bonchev–Trinajstić information content (AvgIpc) is 1.99. The van der Waals surface area contributed by atoms with Crippen LogP contribution in [-0.4, -0.2) is 22.8 Å². The largest absolute Gasteiger partial charge is 0.460 e. The minimum atomic E-state index is -0.398. The topological polar surface area (TPSA) is 46.5 Å². The second-order valence-electron chi connectivity index (χ2n) is 5.48. The second-order valence-corrected chi connectivity index (χ2v) is 5.48. The molecule has 1 aliphatic rings. The summed E-state index contributed by atoms with van der Waals surface area (Å²) in [6.07, 6.45) is 3.93. The standard InChI is InChI=1S/C12H22O3/c1-12(2,3)15-11(14)8-9-5-4-6-10(13)7-9/h9-10,13H,4-8H2,1-3H3/t9?,10-/m0/s1. The van der Waals surface area contributed by atoms with Crippen LogP contribution in [0.3, 0.4) is 0 Å². The van der Waals surface area contributed by atoms with Gasteiger partial charge in [-0.1, -0.05) is 6.42 Å². The molecule has 1 fully saturated rings. The van der Waals surface area contributed by atoms with Crippen molar-refractivity contribution in [2.75, 3.05) is 0 Å². The monoisotopic (exact) mass is 214 g/mol. The van der Waals surface area contributed by atoms with Gasteiger partial charge in [-0.25, -0.2) is 0 Å². The normalized spacial score (nSPS) is 27.5. The molecule has 1 aliphatic carbocycles. The first kappa shape index (κ1) is 12.5. The van der Waals surface area contributed by atoms with Crippen LogP contribution in [0.5, 0.6) is 0 Å². The van der Waals surface area contributed by atoms with Crippen LogP contribution in [0.25, 0.3) is 0 Å². The first-order valence-electron chi connectivity index (χ1n) is 5.77. The zero-order valence-corrected chi connectivity index (χ0v) is 9.95. The number of carbonyl (C=O) groups excluding carboxylic acids is 1. The molecule has 3 nitrogen and oxygen atoms in total. The van der Waals surface area contributed by atoms with E-state index < -0.39 is 5.60 Å². The lowest BCUT2D eigenvalue weighted by Crippen LogP contribution is -2.27. The van der Waals surface area contributed by atoms with Gasteiger partial charge in [0.15, 0.2) is 0 Å². The van der Waals surface area contributed by atoms with Crippen molar-refractivity contribution in [1.29, 1.82) is 0 Å². The fraction of sp³-hybridized carbons (Fsp3) is 0.917. The Morgan fingerprint density at radius 2 is 2.07 bits per heavy atom. The van der Waals surface area contributed by atoms with Crippen LogP contribution in [0.4, 0.5) is 0 Å². The highest BCUT2D eigenvalue weighted by atomic mass is 16.6. The van der Waals surface area contributed by atoms with E-state index in [-0.39, 0.29) is 12.1 Å². The van der Waals surface area contributed by atoms with Crippen molar-refractivity contribution in [1.82, 2.24) is 0 Å². The Bertz CT molecular complexity index is 217. The number of aliphatic hydroxyl groups is 1. The summed E-state index contributed by atoms with van der Waals surface area (Å²) >= 11 is 0. The third kappa shape index (κ3) is 5.17. The first-order valence-corrected chi connectivity index (χ1v) is 5.77. The van der Waals surface area contributed by atoms with Crippen molar-refractivity contribution in [2.45, 2.75) is 64.6 Å². The Kier molecular flexibility index (Phi) is 4.14. The van der Waals surface area contributed by atoms with Gasteiger partial charge >= 0.3 is 5.97 Å². The molecule has 0 spiro atoms. The molecule has 1 rings (SSSR count). The number of rotatable bonds is 2. The molecule has 0 aromatic heterocycles. The summed E-state index contributed by atoms with van der Waals surface area (Å²) in [5.74, 6) is 0.171. The van der Waals surface area contributed by atoms with E-state index in [4.69, 9.17) is 4.74 Å². The van der Waals surface area contributed by atoms with E-state index in [2.05, 4.69) is 0 Å². The summed E-state index contributed by atoms with van der Waals surface area (Å²) in [5.41, 5.74) is -0.398. The number of ether oxygens (including phenoxy) is 1. The van der Waals surface area contributed by atoms with Crippen LogP contribution in [0, 0.1) is 5.92 Å². The summed E-state index contributed by atoms with van der Waals surface area (Å²) < 4.78 is 5.26. The lowest BCUT2D eigenvalue weighted by molar-refractivity contribution is -0.156. The molecule has 0 bridgehead atoms. The van der Waals surface area contributed by atoms with E-state index in [9.17, 15) is 9.90 Å². The fourth-order valence-electron chi connectivity index (χ4n) is 2.07. The molecule has 0 heterocycles. The SMILES string of the molecule is CC(C)(C)OC(=O)CC1CCC[C@H](O)C1. The van der Waals surface area contributed by atoms with Gasteiger partial charge < -0.3 is 9.84 Å². The second kappa shape index (κ2) is 4.97. The molecule has 0 aromatic carbocycles. The van der Waals surface area contributed by atoms with Crippen molar-refractivity contribution in [3.63, 3.8) is 0 Å². The zero-order valence-electron chi connectivity index (χ0n) is 9.95. The third-order valence-corrected chi connectivity index (χ3v) is 2.63. The van der Waals surface area contributed by atoms with Gasteiger partial charge in [-0.2, -0.15) is 0 Å². The molecule has 1 saturated carbocycles. The Balaban J connectivity index is 2.31. The predicted molar refractivity (Wildman–Crippen MR) is 58.4 cm³/mol. The average molecular weight is 214 g/mol. The van der Waals surface area contributed by atoms with Crippen molar-refractivity contribution < 1.29 is 14.6 Å². The maximum atomic E-state index is 11.5. The molecule has 0 aromatic rings. The van der Waals surface area contributed by atoms with Gasteiger partial charge in [-0.05, 0) is 46.0 Å². The van der Waals surface area contributed by atoms with Gasteiger partial charge in [0.05, 0.1) is 6.10 Å². The van der Waals surface area contributed by atoms with E-state index in [1.54, 1.807) is 0 Å². The molecule has 0 amide bonds. The maximum absolute atomic E-state index is 11.5. The zero-order chi connectivity index (χ0) is 11.5. The van der Waals surface area contributed by atoms with Crippen LogP contribution in [0.2, 0.25) is 0 Å². The lowest BCUT2D eigenvalue weighted by atomic mass is 9.85. The summed E-state index contributed by atoms with van der Waals surface area (Å²) in [6.45, 7) is 5.63. The van der Waals surface area contributed by atoms with Gasteiger partial charge in [0.2, 0.25) is 0 Å². The molecular weight excluding hydrogens is 192 g/mol. The molecular formula is C12H22O3.